The lowest BCUT2D eigenvalue weighted by molar-refractivity contribution is -0.736. The molecule has 6 nitrogen and oxygen atoms in total. The van der Waals surface area contributed by atoms with Crippen molar-refractivity contribution in [3.63, 3.8) is 0 Å². The van der Waals surface area contributed by atoms with Gasteiger partial charge in [0.25, 0.3) is 10.8 Å². The van der Waals surface area contributed by atoms with Gasteiger partial charge in [0.2, 0.25) is 0 Å². The van der Waals surface area contributed by atoms with E-state index in [1.807, 2.05) is 45.0 Å². The predicted octanol–water partition coefficient (Wildman–Crippen LogP) is 3.77. The minimum Gasteiger partial charge on any atom is -0.298 e. The molecule has 0 saturated heterocycles. The number of amides is 1. The predicted molar refractivity (Wildman–Crippen MR) is 117 cm³/mol. The molecule has 0 fully saturated rings. The van der Waals surface area contributed by atoms with Gasteiger partial charge in [-0.1, -0.05) is 30.6 Å². The smallest absolute Gasteiger partial charge is 0.298 e. The van der Waals surface area contributed by atoms with Crippen LogP contribution in [0.25, 0.3) is 5.57 Å². The van der Waals surface area contributed by atoms with E-state index < -0.39 is 0 Å². The van der Waals surface area contributed by atoms with Crippen LogP contribution in [-0.2, 0) is 9.63 Å². The normalized spacial score (nSPS) is 12.1. The van der Waals surface area contributed by atoms with Gasteiger partial charge in [-0.2, -0.15) is 0 Å². The van der Waals surface area contributed by atoms with Crippen LogP contribution in [0.15, 0.2) is 60.3 Å². The van der Waals surface area contributed by atoms with E-state index in [2.05, 4.69) is 15.1 Å². The molecule has 1 aromatic heterocycles. The van der Waals surface area contributed by atoms with Crippen molar-refractivity contribution in [1.29, 1.82) is 0 Å². The van der Waals surface area contributed by atoms with E-state index >= 15 is 0 Å². The second-order valence-corrected chi connectivity index (χ2v) is 7.04. The fraction of sp³-hybridized carbons (Fsp3) is 0.200. The standard InChI is InChI=1S/C20H22BN3O3S/c1-5-6-7-14(2)12-17(15-8-10-16(11-9-15)24(26)27-4)19(25)23-20-22-13-18(21-3)28-20/h5-13,21H,1-4H3/p+1/b6-5-,14-7+,17-12+. The maximum Gasteiger partial charge on any atom is 0.316 e. The molecule has 1 amide bonds. The summed E-state index contributed by atoms with van der Waals surface area (Å²) < 4.78 is 1.10. The van der Waals surface area contributed by atoms with Gasteiger partial charge < -0.3 is 0 Å². The minimum atomic E-state index is -0.260. The maximum absolute atomic E-state index is 12.9. The third-order valence-electron chi connectivity index (χ3n) is 3.85. The van der Waals surface area contributed by atoms with Crippen LogP contribution < -0.4 is 10.1 Å². The number of nitrogens with zero attached hydrogens (tertiary/aromatic N) is 2. The molecule has 0 bridgehead atoms. The summed E-state index contributed by atoms with van der Waals surface area (Å²) >= 11 is 1.46. The lowest BCUT2D eigenvalue weighted by atomic mass is 9.81. The molecular weight excluding hydrogens is 373 g/mol. The van der Waals surface area contributed by atoms with E-state index in [4.69, 9.17) is 0 Å². The van der Waals surface area contributed by atoms with Gasteiger partial charge in [-0.3, -0.25) is 10.1 Å². The van der Waals surface area contributed by atoms with Crippen LogP contribution in [0.5, 0.6) is 0 Å². The first kappa shape index (κ1) is 21.3. The summed E-state index contributed by atoms with van der Waals surface area (Å²) in [6, 6.07) is 6.65. The molecule has 8 heteroatoms. The summed E-state index contributed by atoms with van der Waals surface area (Å²) in [5.74, 6) is -0.260. The van der Waals surface area contributed by atoms with Crippen LogP contribution in [0.4, 0.5) is 10.8 Å². The molecule has 0 saturated carbocycles. The van der Waals surface area contributed by atoms with Crippen molar-refractivity contribution in [3.8, 4) is 0 Å². The SMILES string of the molecule is CBc1cnc(NC(=O)/C(=C/C(C)=C/C=C\C)c2ccc([N+](=O)OC)cc2)s1. The maximum atomic E-state index is 12.9. The van der Waals surface area contributed by atoms with E-state index in [0.717, 1.165) is 17.6 Å². The quantitative estimate of drug-likeness (QED) is 0.319. The van der Waals surface area contributed by atoms with Crippen molar-refractivity contribution in [3.05, 3.63) is 70.8 Å². The highest BCUT2D eigenvalue weighted by molar-refractivity contribution is 7.24. The number of hydrogen-bond acceptors (Lipinski definition) is 5. The Hall–Kier alpha value is -3.00. The van der Waals surface area contributed by atoms with Gasteiger partial charge in [0, 0.05) is 23.9 Å². The second kappa shape index (κ2) is 10.4. The number of benzene rings is 1. The number of nitrogens with one attached hydrogen (secondary N) is 1. The Kier molecular flexibility index (Phi) is 7.89. The van der Waals surface area contributed by atoms with Crippen molar-refractivity contribution in [2.24, 2.45) is 0 Å². The summed E-state index contributed by atoms with van der Waals surface area (Å²) in [5, 5.41) is 3.42. The highest BCUT2D eigenvalue weighted by Crippen LogP contribution is 2.23. The van der Waals surface area contributed by atoms with Crippen LogP contribution in [0.1, 0.15) is 19.4 Å². The first-order chi connectivity index (χ1) is 13.5. The van der Waals surface area contributed by atoms with E-state index in [0.29, 0.717) is 26.9 Å². The molecule has 1 N–H and O–H groups in total. The van der Waals surface area contributed by atoms with E-state index in [1.165, 1.54) is 18.4 Å². The number of allylic oxidation sites excluding steroid dienone is 5. The zero-order valence-corrected chi connectivity index (χ0v) is 17.2. The lowest BCUT2D eigenvalue weighted by Gasteiger charge is -2.08. The first-order valence-corrected chi connectivity index (χ1v) is 9.69. The molecule has 1 aromatic carbocycles. The summed E-state index contributed by atoms with van der Waals surface area (Å²) in [4.78, 5) is 33.8. The van der Waals surface area contributed by atoms with Gasteiger partial charge in [-0.05, 0) is 42.4 Å². The molecule has 0 aliphatic carbocycles. The Bertz CT molecular complexity index is 930. The molecule has 2 rings (SSSR count). The number of hydrogen-bond donors (Lipinski definition) is 1. The minimum absolute atomic E-state index is 0.260. The molecule has 0 aliphatic rings. The van der Waals surface area contributed by atoms with Crippen molar-refractivity contribution < 1.29 is 14.6 Å². The Labute approximate surface area is 169 Å². The summed E-state index contributed by atoms with van der Waals surface area (Å²) in [6.07, 6.45) is 9.33. The number of anilines is 1. The van der Waals surface area contributed by atoms with Crippen molar-refractivity contribution in [1.82, 2.24) is 4.98 Å². The summed E-state index contributed by atoms with van der Waals surface area (Å²) in [7, 11) is 2.17. The largest absolute Gasteiger partial charge is 0.316 e. The number of thiazole rings is 1. The Morgan fingerprint density at radius 3 is 2.61 bits per heavy atom. The molecule has 144 valence electrons. The van der Waals surface area contributed by atoms with Crippen molar-refractivity contribution >= 4 is 45.7 Å². The third-order valence-corrected chi connectivity index (χ3v) is 4.90. The first-order valence-electron chi connectivity index (χ1n) is 8.87. The van der Waals surface area contributed by atoms with Gasteiger partial charge in [0.05, 0.1) is 4.91 Å². The second-order valence-electron chi connectivity index (χ2n) is 5.92. The zero-order valence-electron chi connectivity index (χ0n) is 16.4. The molecule has 0 aliphatic heterocycles. The molecule has 1 heterocycles. The van der Waals surface area contributed by atoms with Gasteiger partial charge in [-0.15, -0.1) is 11.3 Å². The Morgan fingerprint density at radius 1 is 1.32 bits per heavy atom. The molecular formula is C20H23BN3O3S+. The van der Waals surface area contributed by atoms with Crippen LogP contribution in [0.2, 0.25) is 6.82 Å². The fourth-order valence-electron chi connectivity index (χ4n) is 2.37. The lowest BCUT2D eigenvalue weighted by Crippen LogP contribution is -2.14. The van der Waals surface area contributed by atoms with Crippen LogP contribution in [0, 0.1) is 4.91 Å². The summed E-state index contributed by atoms with van der Waals surface area (Å²) in [6.45, 7) is 5.89. The zero-order chi connectivity index (χ0) is 20.5. The van der Waals surface area contributed by atoms with Crippen LogP contribution >= 0.6 is 11.3 Å². The molecule has 0 radical (unpaired) electrons. The molecule has 0 spiro atoms. The highest BCUT2D eigenvalue weighted by Gasteiger charge is 2.18. The van der Waals surface area contributed by atoms with E-state index in [-0.39, 0.29) is 5.91 Å². The van der Waals surface area contributed by atoms with Gasteiger partial charge in [-0.25, -0.2) is 9.82 Å². The summed E-state index contributed by atoms with van der Waals surface area (Å²) in [5.41, 5.74) is 2.43. The number of carbonyl (C=O) groups is 1. The average molecular weight is 396 g/mol. The fourth-order valence-corrected chi connectivity index (χ4v) is 3.11. The van der Waals surface area contributed by atoms with Crippen LogP contribution in [0.3, 0.4) is 0 Å². The Balaban J connectivity index is 2.37. The van der Waals surface area contributed by atoms with Gasteiger partial charge >= 0.3 is 5.69 Å². The molecule has 2 aromatic rings. The van der Waals surface area contributed by atoms with Gasteiger partial charge in [0.15, 0.2) is 19.5 Å². The Morgan fingerprint density at radius 2 is 2.04 bits per heavy atom. The van der Waals surface area contributed by atoms with Crippen molar-refractivity contribution in [2.75, 3.05) is 12.4 Å². The van der Waals surface area contributed by atoms with E-state index in [1.54, 1.807) is 30.5 Å². The van der Waals surface area contributed by atoms with E-state index in [9.17, 15) is 9.70 Å². The van der Waals surface area contributed by atoms with Gasteiger partial charge in [0.1, 0.15) is 0 Å². The number of rotatable bonds is 8. The molecule has 0 unspecified atom stereocenters. The topological polar surface area (TPSA) is 71.3 Å². The number of aromatic nitrogens is 1. The molecule has 28 heavy (non-hydrogen) atoms. The number of carbonyl (C=O) groups excluding carboxylic acids is 1. The van der Waals surface area contributed by atoms with Crippen LogP contribution in [-0.4, -0.2) is 30.2 Å². The average Bonchev–Trinajstić information content (AvgIpc) is 3.17. The molecule has 0 atom stereocenters. The third kappa shape index (κ3) is 5.75. The highest BCUT2D eigenvalue weighted by atomic mass is 32.1. The monoisotopic (exact) mass is 396 g/mol. The van der Waals surface area contributed by atoms with Crippen molar-refractivity contribution in [2.45, 2.75) is 20.7 Å².